The third-order valence-electron chi connectivity index (χ3n) is 5.18. The second-order valence-electron chi connectivity index (χ2n) is 7.69. The quantitative estimate of drug-likeness (QED) is 0.204. The SMILES string of the molecule is CN=C(NCCCOCC1CCCO1)NCc1ccccc1CN(C)C(C)C.I. The standard InChI is InChI=1S/C22H38N4O2.HI/c1-18(2)26(4)16-20-10-6-5-9-19(20)15-25-22(23-3)24-12-8-13-27-17-21-11-7-14-28-21;/h5-6,9-10,18,21H,7-8,11-17H2,1-4H3,(H2,23,24,25);1H. The molecule has 29 heavy (non-hydrogen) atoms. The zero-order valence-electron chi connectivity index (χ0n) is 18.4. The zero-order chi connectivity index (χ0) is 20.2. The molecular weight excluding hydrogens is 479 g/mol. The molecule has 6 nitrogen and oxygen atoms in total. The van der Waals surface area contributed by atoms with Gasteiger partial charge in [-0.1, -0.05) is 24.3 Å². The number of hydrogen-bond donors (Lipinski definition) is 2. The third-order valence-corrected chi connectivity index (χ3v) is 5.18. The van der Waals surface area contributed by atoms with Crippen molar-refractivity contribution >= 4 is 29.9 Å². The Morgan fingerprint density at radius 3 is 2.69 bits per heavy atom. The maximum absolute atomic E-state index is 5.70. The molecule has 0 aromatic heterocycles. The molecule has 1 unspecified atom stereocenters. The van der Waals surface area contributed by atoms with Gasteiger partial charge < -0.3 is 20.1 Å². The first-order valence-electron chi connectivity index (χ1n) is 10.5. The topological polar surface area (TPSA) is 58.1 Å². The van der Waals surface area contributed by atoms with Crippen LogP contribution in [-0.2, 0) is 22.6 Å². The number of rotatable bonds is 11. The van der Waals surface area contributed by atoms with Crippen molar-refractivity contribution in [2.45, 2.75) is 58.3 Å². The molecule has 1 heterocycles. The molecule has 1 fully saturated rings. The summed E-state index contributed by atoms with van der Waals surface area (Å²) >= 11 is 0. The Hall–Kier alpha value is -0.900. The number of aliphatic imine (C=N–C) groups is 1. The van der Waals surface area contributed by atoms with E-state index in [0.717, 1.165) is 58.1 Å². The van der Waals surface area contributed by atoms with E-state index in [-0.39, 0.29) is 24.0 Å². The summed E-state index contributed by atoms with van der Waals surface area (Å²) in [5.74, 6) is 0.825. The monoisotopic (exact) mass is 518 g/mol. The molecule has 0 bridgehead atoms. The van der Waals surface area contributed by atoms with Crippen LogP contribution >= 0.6 is 24.0 Å². The minimum Gasteiger partial charge on any atom is -0.379 e. The lowest BCUT2D eigenvalue weighted by molar-refractivity contribution is 0.0168. The van der Waals surface area contributed by atoms with Gasteiger partial charge in [-0.15, -0.1) is 24.0 Å². The third kappa shape index (κ3) is 10.1. The van der Waals surface area contributed by atoms with Crippen LogP contribution in [0.1, 0.15) is 44.2 Å². The van der Waals surface area contributed by atoms with Crippen LogP contribution in [0.25, 0.3) is 0 Å². The molecule has 1 aliphatic heterocycles. The van der Waals surface area contributed by atoms with Crippen LogP contribution in [0.15, 0.2) is 29.3 Å². The van der Waals surface area contributed by atoms with Gasteiger partial charge in [0.1, 0.15) is 0 Å². The number of halogens is 1. The average molecular weight is 518 g/mol. The number of ether oxygens (including phenoxy) is 2. The normalized spacial score (nSPS) is 16.9. The Morgan fingerprint density at radius 2 is 2.03 bits per heavy atom. The summed E-state index contributed by atoms with van der Waals surface area (Å²) in [6.07, 6.45) is 3.54. The van der Waals surface area contributed by atoms with Crippen molar-refractivity contribution in [3.63, 3.8) is 0 Å². The van der Waals surface area contributed by atoms with E-state index in [9.17, 15) is 0 Å². The smallest absolute Gasteiger partial charge is 0.191 e. The van der Waals surface area contributed by atoms with Crippen molar-refractivity contribution in [2.75, 3.05) is 40.5 Å². The van der Waals surface area contributed by atoms with Crippen LogP contribution in [-0.4, -0.2) is 63.5 Å². The van der Waals surface area contributed by atoms with Crippen molar-refractivity contribution < 1.29 is 9.47 Å². The molecule has 0 aliphatic carbocycles. The highest BCUT2D eigenvalue weighted by atomic mass is 127. The van der Waals surface area contributed by atoms with Gasteiger partial charge in [0.15, 0.2) is 5.96 Å². The Morgan fingerprint density at radius 1 is 1.28 bits per heavy atom. The molecule has 1 aliphatic rings. The van der Waals surface area contributed by atoms with E-state index < -0.39 is 0 Å². The molecule has 0 spiro atoms. The first-order chi connectivity index (χ1) is 13.6. The Kier molecular flexibility index (Phi) is 13.5. The lowest BCUT2D eigenvalue weighted by atomic mass is 10.1. The summed E-state index contributed by atoms with van der Waals surface area (Å²) in [6.45, 7) is 9.33. The van der Waals surface area contributed by atoms with Crippen LogP contribution in [0.5, 0.6) is 0 Å². The number of nitrogens with zero attached hydrogens (tertiary/aromatic N) is 2. The molecule has 1 aromatic rings. The Balaban J connectivity index is 0.00000420. The first-order valence-corrected chi connectivity index (χ1v) is 10.5. The highest BCUT2D eigenvalue weighted by molar-refractivity contribution is 14.0. The van der Waals surface area contributed by atoms with E-state index in [4.69, 9.17) is 9.47 Å². The molecule has 0 amide bonds. The van der Waals surface area contributed by atoms with E-state index >= 15 is 0 Å². The van der Waals surface area contributed by atoms with Gasteiger partial charge in [-0.3, -0.25) is 9.89 Å². The maximum Gasteiger partial charge on any atom is 0.191 e. The molecule has 0 saturated carbocycles. The number of benzene rings is 1. The van der Waals surface area contributed by atoms with Crippen molar-refractivity contribution in [1.29, 1.82) is 0 Å². The predicted molar refractivity (Wildman–Crippen MR) is 131 cm³/mol. The molecular formula is C22H39IN4O2. The van der Waals surface area contributed by atoms with Crippen LogP contribution in [0.2, 0.25) is 0 Å². The minimum absolute atomic E-state index is 0. The summed E-state index contributed by atoms with van der Waals surface area (Å²) < 4.78 is 11.3. The summed E-state index contributed by atoms with van der Waals surface area (Å²) in [5.41, 5.74) is 2.65. The van der Waals surface area contributed by atoms with E-state index in [1.54, 1.807) is 0 Å². The zero-order valence-corrected chi connectivity index (χ0v) is 20.8. The average Bonchev–Trinajstić information content (AvgIpc) is 3.21. The molecule has 1 saturated heterocycles. The van der Waals surface area contributed by atoms with E-state index in [2.05, 4.69) is 65.7 Å². The fraction of sp³-hybridized carbons (Fsp3) is 0.682. The molecule has 2 rings (SSSR count). The lowest BCUT2D eigenvalue weighted by Gasteiger charge is -2.23. The Labute approximate surface area is 193 Å². The predicted octanol–water partition coefficient (Wildman–Crippen LogP) is 3.40. The van der Waals surface area contributed by atoms with Gasteiger partial charge in [-0.2, -0.15) is 0 Å². The molecule has 1 aromatic carbocycles. The van der Waals surface area contributed by atoms with Gasteiger partial charge in [-0.25, -0.2) is 0 Å². The second-order valence-corrected chi connectivity index (χ2v) is 7.69. The lowest BCUT2D eigenvalue weighted by Crippen LogP contribution is -2.38. The summed E-state index contributed by atoms with van der Waals surface area (Å²) in [5, 5.41) is 6.79. The highest BCUT2D eigenvalue weighted by Gasteiger charge is 2.15. The molecule has 1 atom stereocenters. The number of nitrogens with one attached hydrogen (secondary N) is 2. The summed E-state index contributed by atoms with van der Waals surface area (Å²) in [6, 6.07) is 9.12. The van der Waals surface area contributed by atoms with Gasteiger partial charge in [0.2, 0.25) is 0 Å². The first kappa shape index (κ1) is 26.1. The Bertz CT molecular complexity index is 592. The fourth-order valence-electron chi connectivity index (χ4n) is 3.11. The maximum atomic E-state index is 5.70. The van der Waals surface area contributed by atoms with Gasteiger partial charge in [0.25, 0.3) is 0 Å². The molecule has 0 radical (unpaired) electrons. The van der Waals surface area contributed by atoms with Gasteiger partial charge in [0.05, 0.1) is 12.7 Å². The van der Waals surface area contributed by atoms with Crippen LogP contribution in [0.3, 0.4) is 0 Å². The van der Waals surface area contributed by atoms with Gasteiger partial charge >= 0.3 is 0 Å². The van der Waals surface area contributed by atoms with E-state index in [0.29, 0.717) is 18.8 Å². The van der Waals surface area contributed by atoms with E-state index in [1.165, 1.54) is 11.1 Å². The summed E-state index contributed by atoms with van der Waals surface area (Å²) in [7, 11) is 3.97. The van der Waals surface area contributed by atoms with Crippen molar-refractivity contribution in [3.8, 4) is 0 Å². The van der Waals surface area contributed by atoms with E-state index in [1.807, 2.05) is 7.05 Å². The molecule has 2 N–H and O–H groups in total. The fourth-order valence-corrected chi connectivity index (χ4v) is 3.11. The molecule has 166 valence electrons. The van der Waals surface area contributed by atoms with Crippen LogP contribution < -0.4 is 10.6 Å². The second kappa shape index (κ2) is 15.0. The van der Waals surface area contributed by atoms with Gasteiger partial charge in [0, 0.05) is 45.9 Å². The minimum atomic E-state index is 0. The highest BCUT2D eigenvalue weighted by Crippen LogP contribution is 2.13. The molecule has 7 heteroatoms. The van der Waals surface area contributed by atoms with Gasteiger partial charge in [-0.05, 0) is 51.3 Å². The number of guanidine groups is 1. The van der Waals surface area contributed by atoms with Crippen molar-refractivity contribution in [1.82, 2.24) is 15.5 Å². The van der Waals surface area contributed by atoms with Crippen LogP contribution in [0.4, 0.5) is 0 Å². The van der Waals surface area contributed by atoms with Crippen molar-refractivity contribution in [3.05, 3.63) is 35.4 Å². The largest absolute Gasteiger partial charge is 0.379 e. The van der Waals surface area contributed by atoms with Crippen LogP contribution in [0, 0.1) is 0 Å². The van der Waals surface area contributed by atoms with Crippen molar-refractivity contribution in [2.24, 2.45) is 4.99 Å². The summed E-state index contributed by atoms with van der Waals surface area (Å²) in [4.78, 5) is 6.68. The number of hydrogen-bond acceptors (Lipinski definition) is 4.